The smallest absolute Gasteiger partial charge is 0.202 e. The molecule has 0 spiro atoms. The number of hydrogen-bond acceptors (Lipinski definition) is 4. The van der Waals surface area contributed by atoms with Crippen molar-refractivity contribution in [3.8, 4) is 6.07 Å². The highest BCUT2D eigenvalue weighted by atomic mass is 31.1. The van der Waals surface area contributed by atoms with Crippen molar-refractivity contribution in [2.45, 2.75) is 12.5 Å². The molecule has 0 radical (unpaired) electrons. The Morgan fingerprint density at radius 2 is 2.45 bits per heavy atom. The summed E-state index contributed by atoms with van der Waals surface area (Å²) in [5.74, 6) is 0. The fraction of sp³-hybridized carbons (Fsp3) is 0.800. The van der Waals surface area contributed by atoms with Gasteiger partial charge in [0.15, 0.2) is 0 Å². The molecule has 0 rings (SSSR count). The molecule has 5 nitrogen and oxygen atoms in total. The van der Waals surface area contributed by atoms with Gasteiger partial charge in [-0.3, -0.25) is 4.57 Å². The second-order valence-electron chi connectivity index (χ2n) is 2.09. The Labute approximate surface area is 66.1 Å². The molecule has 0 amide bonds. The average molecular weight is 177 g/mol. The summed E-state index contributed by atoms with van der Waals surface area (Å²) in [5.41, 5.74) is 5.26. The van der Waals surface area contributed by atoms with Crippen molar-refractivity contribution < 1.29 is 9.46 Å². The van der Waals surface area contributed by atoms with Crippen LogP contribution in [0.1, 0.15) is 6.42 Å². The number of nitrogens with one attached hydrogen (secondary N) is 1. The SMILES string of the molecule is N#CC(N)CCNC[PH](=O)O. The van der Waals surface area contributed by atoms with Crippen LogP contribution in [0.4, 0.5) is 0 Å². The first-order valence-electron chi connectivity index (χ1n) is 3.24. The number of nitriles is 1. The van der Waals surface area contributed by atoms with Gasteiger partial charge in [-0.15, -0.1) is 0 Å². The third-order valence-corrected chi connectivity index (χ3v) is 1.63. The molecule has 0 aromatic rings. The van der Waals surface area contributed by atoms with Gasteiger partial charge in [0.05, 0.1) is 18.4 Å². The largest absolute Gasteiger partial charge is 0.345 e. The van der Waals surface area contributed by atoms with Crippen molar-refractivity contribution in [2.75, 3.05) is 12.8 Å². The van der Waals surface area contributed by atoms with E-state index in [0.29, 0.717) is 13.0 Å². The van der Waals surface area contributed by atoms with E-state index < -0.39 is 14.1 Å². The maximum absolute atomic E-state index is 10.1. The normalized spacial score (nSPS) is 15.4. The topological polar surface area (TPSA) is 99.1 Å². The highest BCUT2D eigenvalue weighted by Gasteiger charge is 1.98. The molecule has 4 N–H and O–H groups in total. The zero-order valence-electron chi connectivity index (χ0n) is 6.08. The van der Waals surface area contributed by atoms with Crippen LogP contribution in [0.15, 0.2) is 0 Å². The van der Waals surface area contributed by atoms with Crippen LogP contribution in [0, 0.1) is 11.3 Å². The summed E-state index contributed by atoms with van der Waals surface area (Å²) in [6.07, 6.45) is 0.606. The highest BCUT2D eigenvalue weighted by Crippen LogP contribution is 2.07. The molecule has 2 unspecified atom stereocenters. The summed E-state index contributed by atoms with van der Waals surface area (Å²) in [5, 5.41) is 10.9. The molecule has 2 atom stereocenters. The zero-order chi connectivity index (χ0) is 8.69. The van der Waals surface area contributed by atoms with Gasteiger partial charge in [-0.1, -0.05) is 0 Å². The van der Waals surface area contributed by atoms with Gasteiger partial charge in [-0.2, -0.15) is 5.26 Å². The van der Waals surface area contributed by atoms with Crippen LogP contribution in [0.2, 0.25) is 0 Å². The molecule has 0 aliphatic carbocycles. The molecule has 0 aromatic carbocycles. The minimum atomic E-state index is -2.42. The van der Waals surface area contributed by atoms with E-state index in [2.05, 4.69) is 5.32 Å². The molecule has 0 fully saturated rings. The summed E-state index contributed by atoms with van der Waals surface area (Å²) in [6, 6.07) is 1.38. The van der Waals surface area contributed by atoms with E-state index in [1.165, 1.54) is 0 Å². The van der Waals surface area contributed by atoms with Crippen LogP contribution in [0.5, 0.6) is 0 Å². The maximum atomic E-state index is 10.1. The molecule has 0 saturated carbocycles. The van der Waals surface area contributed by atoms with Gasteiger partial charge in [0, 0.05) is 0 Å². The highest BCUT2D eigenvalue weighted by molar-refractivity contribution is 7.37. The fourth-order valence-corrected chi connectivity index (χ4v) is 0.908. The Morgan fingerprint density at radius 3 is 2.91 bits per heavy atom. The lowest BCUT2D eigenvalue weighted by atomic mass is 10.2. The molecular formula is C5H12N3O2P. The lowest BCUT2D eigenvalue weighted by Crippen LogP contribution is -2.24. The first kappa shape index (κ1) is 10.6. The van der Waals surface area contributed by atoms with Gasteiger partial charge < -0.3 is 15.9 Å². The summed E-state index contributed by atoms with van der Waals surface area (Å²) < 4.78 is 10.1. The standard InChI is InChI=1S/C5H12N3O2P/c6-3-5(7)1-2-8-4-11(9)10/h5,8,11H,1-2,4,7H2,(H,9,10). The Balaban J connectivity index is 3.16. The van der Waals surface area contributed by atoms with Crippen molar-refractivity contribution in [2.24, 2.45) is 5.73 Å². The van der Waals surface area contributed by atoms with E-state index in [0.717, 1.165) is 0 Å². The van der Waals surface area contributed by atoms with Crippen LogP contribution in [-0.4, -0.2) is 23.8 Å². The Morgan fingerprint density at radius 1 is 1.82 bits per heavy atom. The molecule has 0 heterocycles. The summed E-state index contributed by atoms with van der Waals surface area (Å²) >= 11 is 0. The Kier molecular flexibility index (Phi) is 6.09. The minimum absolute atomic E-state index is 0.100. The Bertz CT molecular complexity index is 168. The second kappa shape index (κ2) is 6.32. The van der Waals surface area contributed by atoms with E-state index in [-0.39, 0.29) is 6.29 Å². The fourth-order valence-electron chi connectivity index (χ4n) is 0.517. The molecule has 0 aliphatic rings. The van der Waals surface area contributed by atoms with Crippen molar-refractivity contribution in [3.05, 3.63) is 0 Å². The number of nitrogens with zero attached hydrogens (tertiary/aromatic N) is 1. The van der Waals surface area contributed by atoms with Gasteiger partial charge in [-0.05, 0) is 13.0 Å². The van der Waals surface area contributed by atoms with Crippen LogP contribution in [0.25, 0.3) is 0 Å². The van der Waals surface area contributed by atoms with Crippen LogP contribution < -0.4 is 11.1 Å². The average Bonchev–Trinajstić information content (AvgIpc) is 1.97. The minimum Gasteiger partial charge on any atom is -0.345 e. The second-order valence-corrected chi connectivity index (χ2v) is 3.24. The molecule has 0 bridgehead atoms. The van der Waals surface area contributed by atoms with Crippen molar-refractivity contribution in [1.29, 1.82) is 5.26 Å². The molecule has 0 aliphatic heterocycles. The number of hydrogen-bond donors (Lipinski definition) is 3. The summed E-state index contributed by atoms with van der Waals surface area (Å²) in [4.78, 5) is 8.36. The van der Waals surface area contributed by atoms with Gasteiger partial charge in [-0.25, -0.2) is 0 Å². The maximum Gasteiger partial charge on any atom is 0.202 e. The van der Waals surface area contributed by atoms with Crippen molar-refractivity contribution >= 4 is 8.03 Å². The van der Waals surface area contributed by atoms with Gasteiger partial charge in [0.25, 0.3) is 0 Å². The predicted octanol–water partition coefficient (Wildman–Crippen LogP) is -0.759. The van der Waals surface area contributed by atoms with Crippen molar-refractivity contribution in [3.63, 3.8) is 0 Å². The predicted molar refractivity (Wildman–Crippen MR) is 42.3 cm³/mol. The molecule has 0 aromatic heterocycles. The van der Waals surface area contributed by atoms with E-state index in [1.807, 2.05) is 6.07 Å². The quantitative estimate of drug-likeness (QED) is 0.378. The third kappa shape index (κ3) is 7.50. The van der Waals surface area contributed by atoms with Crippen LogP contribution in [-0.2, 0) is 4.57 Å². The summed E-state index contributed by atoms with van der Waals surface area (Å²) in [7, 11) is -2.42. The molecular weight excluding hydrogens is 165 g/mol. The van der Waals surface area contributed by atoms with Crippen LogP contribution in [0.3, 0.4) is 0 Å². The molecule has 0 saturated heterocycles. The van der Waals surface area contributed by atoms with Crippen molar-refractivity contribution in [1.82, 2.24) is 5.32 Å². The number of nitrogens with two attached hydrogens (primary N) is 1. The zero-order valence-corrected chi connectivity index (χ0v) is 7.08. The molecule has 6 heteroatoms. The third-order valence-electron chi connectivity index (χ3n) is 1.07. The van der Waals surface area contributed by atoms with Crippen LogP contribution >= 0.6 is 8.03 Å². The van der Waals surface area contributed by atoms with E-state index >= 15 is 0 Å². The van der Waals surface area contributed by atoms with Gasteiger partial charge in [0.2, 0.25) is 8.03 Å². The number of rotatable bonds is 5. The summed E-state index contributed by atoms with van der Waals surface area (Å²) in [6.45, 7) is 0.506. The Hall–Kier alpha value is -0.400. The lowest BCUT2D eigenvalue weighted by molar-refractivity contribution is 0.495. The van der Waals surface area contributed by atoms with Gasteiger partial charge >= 0.3 is 0 Å². The van der Waals surface area contributed by atoms with E-state index in [9.17, 15) is 4.57 Å². The lowest BCUT2D eigenvalue weighted by Gasteiger charge is -2.02. The molecule has 64 valence electrons. The first-order chi connectivity index (χ1) is 5.16. The molecule has 11 heavy (non-hydrogen) atoms. The van der Waals surface area contributed by atoms with E-state index in [4.69, 9.17) is 15.9 Å². The van der Waals surface area contributed by atoms with Gasteiger partial charge in [0.1, 0.15) is 0 Å². The first-order valence-corrected chi connectivity index (χ1v) is 4.80. The van der Waals surface area contributed by atoms with E-state index in [1.54, 1.807) is 0 Å². The monoisotopic (exact) mass is 177 g/mol.